The van der Waals surface area contributed by atoms with Gasteiger partial charge in [-0.3, -0.25) is 9.59 Å². The van der Waals surface area contributed by atoms with E-state index in [0.29, 0.717) is 10.7 Å². The predicted octanol–water partition coefficient (Wildman–Crippen LogP) is 6.13. The molecule has 0 heterocycles. The molecule has 160 valence electrons. The molecule has 0 aliphatic rings. The van der Waals surface area contributed by atoms with Gasteiger partial charge in [0.25, 0.3) is 11.8 Å². The maximum Gasteiger partial charge on any atom is 0.262 e. The number of rotatable bonds is 7. The van der Waals surface area contributed by atoms with Crippen molar-refractivity contribution < 1.29 is 14.3 Å². The van der Waals surface area contributed by atoms with Gasteiger partial charge < -0.3 is 15.4 Å². The quantitative estimate of drug-likeness (QED) is 0.448. The van der Waals surface area contributed by atoms with Gasteiger partial charge in [0.05, 0.1) is 21.3 Å². The molecule has 3 aromatic carbocycles. The predicted molar refractivity (Wildman–Crippen MR) is 126 cm³/mol. The van der Waals surface area contributed by atoms with Crippen molar-refractivity contribution in [1.29, 1.82) is 0 Å². The van der Waals surface area contributed by atoms with E-state index in [1.807, 2.05) is 32.0 Å². The molecular formula is C24H22Cl2N2O3. The van der Waals surface area contributed by atoms with E-state index in [1.54, 1.807) is 42.5 Å². The number of amides is 2. The lowest BCUT2D eigenvalue weighted by Crippen LogP contribution is -2.22. The van der Waals surface area contributed by atoms with Gasteiger partial charge in [0.15, 0.2) is 6.61 Å². The summed E-state index contributed by atoms with van der Waals surface area (Å²) in [5, 5.41) is 6.21. The molecule has 3 rings (SSSR count). The zero-order valence-electron chi connectivity index (χ0n) is 17.2. The second-order valence-corrected chi connectivity index (χ2v) is 7.64. The first-order chi connectivity index (χ1) is 14.9. The standard InChI is InChI=1S/C24H22Cl2N2O3/c1-3-16-9-6-8-15(2)23(16)28-21(29)14-31-20-13-5-4-10-17(20)24(30)27-19-12-7-11-18(25)22(19)26/h4-13H,3,14H2,1-2H3,(H,27,30)(H,28,29). The summed E-state index contributed by atoms with van der Waals surface area (Å²) in [6.45, 7) is 3.73. The van der Waals surface area contributed by atoms with Gasteiger partial charge in [-0.2, -0.15) is 0 Å². The lowest BCUT2D eigenvalue weighted by atomic mass is 10.1. The van der Waals surface area contributed by atoms with Gasteiger partial charge in [0, 0.05) is 5.69 Å². The van der Waals surface area contributed by atoms with E-state index < -0.39 is 5.91 Å². The van der Waals surface area contributed by atoms with Crippen molar-refractivity contribution >= 4 is 46.4 Å². The SMILES string of the molecule is CCc1cccc(C)c1NC(=O)COc1ccccc1C(=O)Nc1cccc(Cl)c1Cl. The van der Waals surface area contributed by atoms with Crippen molar-refractivity contribution in [1.82, 2.24) is 0 Å². The van der Waals surface area contributed by atoms with Gasteiger partial charge in [-0.05, 0) is 48.7 Å². The third-order valence-electron chi connectivity index (χ3n) is 4.69. The Balaban J connectivity index is 1.70. The molecule has 31 heavy (non-hydrogen) atoms. The fourth-order valence-corrected chi connectivity index (χ4v) is 3.44. The number of benzene rings is 3. The lowest BCUT2D eigenvalue weighted by Gasteiger charge is -2.15. The van der Waals surface area contributed by atoms with Crippen LogP contribution in [0.4, 0.5) is 11.4 Å². The molecule has 3 aromatic rings. The first kappa shape index (κ1) is 22.7. The van der Waals surface area contributed by atoms with Crippen LogP contribution in [-0.2, 0) is 11.2 Å². The number of nitrogens with one attached hydrogen (secondary N) is 2. The minimum Gasteiger partial charge on any atom is -0.483 e. The Bertz CT molecular complexity index is 1120. The van der Waals surface area contributed by atoms with Crippen molar-refractivity contribution in [2.75, 3.05) is 17.2 Å². The van der Waals surface area contributed by atoms with Gasteiger partial charge >= 0.3 is 0 Å². The van der Waals surface area contributed by atoms with Gasteiger partial charge in [0.2, 0.25) is 0 Å². The summed E-state index contributed by atoms with van der Waals surface area (Å²) in [5.41, 5.74) is 3.48. The molecule has 0 atom stereocenters. The molecule has 0 bridgehead atoms. The molecule has 0 fully saturated rings. The molecule has 0 aliphatic carbocycles. The Kier molecular flexibility index (Phi) is 7.55. The van der Waals surface area contributed by atoms with E-state index in [9.17, 15) is 9.59 Å². The molecular weight excluding hydrogens is 435 g/mol. The number of carbonyl (C=O) groups is 2. The summed E-state index contributed by atoms with van der Waals surface area (Å²) < 4.78 is 5.67. The second-order valence-electron chi connectivity index (χ2n) is 6.85. The molecule has 7 heteroatoms. The molecule has 0 saturated carbocycles. The smallest absolute Gasteiger partial charge is 0.262 e. The van der Waals surface area contributed by atoms with Crippen molar-refractivity contribution in [2.45, 2.75) is 20.3 Å². The number of hydrogen-bond acceptors (Lipinski definition) is 3. The van der Waals surface area contributed by atoms with Crippen LogP contribution in [0.1, 0.15) is 28.4 Å². The largest absolute Gasteiger partial charge is 0.483 e. The van der Waals surface area contributed by atoms with Crippen LogP contribution in [0.25, 0.3) is 0 Å². The first-order valence-corrected chi connectivity index (χ1v) is 10.5. The van der Waals surface area contributed by atoms with E-state index in [0.717, 1.165) is 23.2 Å². The fourth-order valence-electron chi connectivity index (χ4n) is 3.09. The Morgan fingerprint density at radius 2 is 1.68 bits per heavy atom. The minimum atomic E-state index is -0.424. The van der Waals surface area contributed by atoms with E-state index in [-0.39, 0.29) is 28.8 Å². The summed E-state index contributed by atoms with van der Waals surface area (Å²) in [6.07, 6.45) is 0.799. The van der Waals surface area contributed by atoms with Crippen molar-refractivity contribution in [3.63, 3.8) is 0 Å². The van der Waals surface area contributed by atoms with Crippen LogP contribution in [0, 0.1) is 6.92 Å². The first-order valence-electron chi connectivity index (χ1n) is 9.76. The van der Waals surface area contributed by atoms with Crippen LogP contribution in [0.2, 0.25) is 10.0 Å². The molecule has 2 amide bonds. The maximum atomic E-state index is 12.8. The van der Waals surface area contributed by atoms with Crippen LogP contribution < -0.4 is 15.4 Å². The van der Waals surface area contributed by atoms with Crippen LogP contribution >= 0.6 is 23.2 Å². The van der Waals surface area contributed by atoms with Gasteiger partial charge in [0.1, 0.15) is 5.75 Å². The van der Waals surface area contributed by atoms with Crippen molar-refractivity contribution in [2.24, 2.45) is 0 Å². The maximum absolute atomic E-state index is 12.8. The average molecular weight is 457 g/mol. The van der Waals surface area contributed by atoms with Crippen molar-refractivity contribution in [3.05, 3.63) is 87.4 Å². The minimum absolute atomic E-state index is 0.236. The number of aryl methyl sites for hydroxylation is 2. The highest BCUT2D eigenvalue weighted by atomic mass is 35.5. The third kappa shape index (κ3) is 5.57. The fraction of sp³-hybridized carbons (Fsp3) is 0.167. The van der Waals surface area contributed by atoms with Gasteiger partial charge in [-0.1, -0.05) is 66.5 Å². The Labute approximate surface area is 191 Å². The number of carbonyl (C=O) groups excluding carboxylic acids is 2. The molecule has 2 N–H and O–H groups in total. The zero-order valence-corrected chi connectivity index (χ0v) is 18.7. The Morgan fingerprint density at radius 3 is 2.45 bits per heavy atom. The number of ether oxygens (including phenoxy) is 1. The highest BCUT2D eigenvalue weighted by Gasteiger charge is 2.16. The highest BCUT2D eigenvalue weighted by Crippen LogP contribution is 2.30. The Morgan fingerprint density at radius 1 is 0.935 bits per heavy atom. The average Bonchev–Trinajstić information content (AvgIpc) is 2.77. The van der Waals surface area contributed by atoms with Crippen LogP contribution in [0.5, 0.6) is 5.75 Å². The van der Waals surface area contributed by atoms with E-state index in [2.05, 4.69) is 10.6 Å². The zero-order chi connectivity index (χ0) is 22.4. The summed E-state index contributed by atoms with van der Waals surface area (Å²) in [5.74, 6) is -0.446. The third-order valence-corrected chi connectivity index (χ3v) is 5.51. The molecule has 0 unspecified atom stereocenters. The summed E-state index contributed by atoms with van der Waals surface area (Å²) in [6, 6.07) is 17.5. The molecule has 0 radical (unpaired) electrons. The van der Waals surface area contributed by atoms with Crippen LogP contribution in [0.3, 0.4) is 0 Å². The number of halogens is 2. The molecule has 5 nitrogen and oxygen atoms in total. The number of anilines is 2. The van der Waals surface area contributed by atoms with Gasteiger partial charge in [-0.25, -0.2) is 0 Å². The summed E-state index contributed by atoms with van der Waals surface area (Å²) in [7, 11) is 0. The Hall–Kier alpha value is -3.02. The molecule has 0 aromatic heterocycles. The summed E-state index contributed by atoms with van der Waals surface area (Å²) in [4.78, 5) is 25.3. The second kappa shape index (κ2) is 10.3. The van der Waals surface area contributed by atoms with E-state index >= 15 is 0 Å². The number of para-hydroxylation sites is 2. The van der Waals surface area contributed by atoms with Crippen LogP contribution in [0.15, 0.2) is 60.7 Å². The van der Waals surface area contributed by atoms with E-state index in [4.69, 9.17) is 27.9 Å². The molecule has 0 saturated heterocycles. The summed E-state index contributed by atoms with van der Waals surface area (Å²) >= 11 is 12.2. The lowest BCUT2D eigenvalue weighted by molar-refractivity contribution is -0.118. The van der Waals surface area contributed by atoms with Crippen molar-refractivity contribution in [3.8, 4) is 5.75 Å². The molecule has 0 spiro atoms. The number of hydrogen-bond donors (Lipinski definition) is 2. The topological polar surface area (TPSA) is 67.4 Å². The van der Waals surface area contributed by atoms with Gasteiger partial charge in [-0.15, -0.1) is 0 Å². The highest BCUT2D eigenvalue weighted by molar-refractivity contribution is 6.44. The normalized spacial score (nSPS) is 10.5. The monoisotopic (exact) mass is 456 g/mol. The molecule has 0 aliphatic heterocycles. The van der Waals surface area contributed by atoms with E-state index in [1.165, 1.54) is 0 Å². The van der Waals surface area contributed by atoms with Crippen LogP contribution in [-0.4, -0.2) is 18.4 Å².